The Labute approximate surface area is 156 Å². The van der Waals surface area contributed by atoms with E-state index in [0.29, 0.717) is 11.9 Å². The molecule has 3 aliphatic rings. The van der Waals surface area contributed by atoms with Gasteiger partial charge in [0.25, 0.3) is 0 Å². The van der Waals surface area contributed by atoms with Crippen molar-refractivity contribution in [1.82, 2.24) is 24.7 Å². The fourth-order valence-electron chi connectivity index (χ4n) is 4.64. The van der Waals surface area contributed by atoms with Gasteiger partial charge in [0.05, 0.1) is 12.2 Å². The van der Waals surface area contributed by atoms with E-state index in [2.05, 4.69) is 36.6 Å². The third kappa shape index (κ3) is 3.69. The summed E-state index contributed by atoms with van der Waals surface area (Å²) < 4.78 is 0. The summed E-state index contributed by atoms with van der Waals surface area (Å²) >= 11 is 0. The summed E-state index contributed by atoms with van der Waals surface area (Å²) in [5.74, 6) is 1.26. The maximum absolute atomic E-state index is 13.2. The first-order valence-electron chi connectivity index (χ1n) is 9.96. The number of anilines is 1. The second kappa shape index (κ2) is 7.88. The molecule has 0 aromatic carbocycles. The molecule has 0 unspecified atom stereocenters. The van der Waals surface area contributed by atoms with E-state index in [1.807, 2.05) is 0 Å². The Balaban J connectivity index is 1.34. The average molecular weight is 358 g/mol. The number of hydrogen-bond acceptors (Lipinski definition) is 6. The second-order valence-electron chi connectivity index (χ2n) is 7.81. The topological polar surface area (TPSA) is 55.8 Å². The van der Waals surface area contributed by atoms with Gasteiger partial charge in [0, 0.05) is 44.6 Å². The molecule has 0 aliphatic carbocycles. The number of carbonyl (C=O) groups is 1. The van der Waals surface area contributed by atoms with Crippen LogP contribution in [0.25, 0.3) is 0 Å². The minimum absolute atomic E-state index is 0.103. The summed E-state index contributed by atoms with van der Waals surface area (Å²) in [6.45, 7) is 6.64. The number of carbonyl (C=O) groups excluding carboxylic acids is 1. The lowest BCUT2D eigenvalue weighted by molar-refractivity contribution is -0.137. The van der Waals surface area contributed by atoms with Crippen molar-refractivity contribution in [3.8, 4) is 0 Å². The van der Waals surface area contributed by atoms with E-state index in [4.69, 9.17) is 0 Å². The number of amides is 1. The molecule has 7 nitrogen and oxygen atoms in total. The summed E-state index contributed by atoms with van der Waals surface area (Å²) in [7, 11) is 2.19. The van der Waals surface area contributed by atoms with Gasteiger partial charge in [0.15, 0.2) is 0 Å². The van der Waals surface area contributed by atoms with Gasteiger partial charge in [-0.3, -0.25) is 14.7 Å². The van der Waals surface area contributed by atoms with Crippen molar-refractivity contribution < 1.29 is 4.79 Å². The van der Waals surface area contributed by atoms with Crippen LogP contribution in [0, 0.1) is 0 Å². The van der Waals surface area contributed by atoms with Crippen molar-refractivity contribution in [3.05, 3.63) is 18.6 Å². The van der Waals surface area contributed by atoms with Crippen molar-refractivity contribution in [1.29, 1.82) is 0 Å². The normalized spacial score (nSPS) is 26.4. The summed E-state index contributed by atoms with van der Waals surface area (Å²) in [5, 5.41) is 0. The number of piperidine rings is 1. The van der Waals surface area contributed by atoms with Gasteiger partial charge < -0.3 is 14.7 Å². The highest BCUT2D eigenvalue weighted by Crippen LogP contribution is 2.27. The van der Waals surface area contributed by atoms with Crippen LogP contribution in [0.3, 0.4) is 0 Å². The third-order valence-corrected chi connectivity index (χ3v) is 6.20. The van der Waals surface area contributed by atoms with Crippen molar-refractivity contribution in [2.24, 2.45) is 0 Å². The van der Waals surface area contributed by atoms with Gasteiger partial charge in [-0.1, -0.05) is 0 Å². The van der Waals surface area contributed by atoms with Crippen LogP contribution in [-0.2, 0) is 4.79 Å². The lowest BCUT2D eigenvalue weighted by Gasteiger charge is -2.41. The largest absolute Gasteiger partial charge is 0.352 e. The molecule has 0 N–H and O–H groups in total. The Bertz CT molecular complexity index is 595. The summed E-state index contributed by atoms with van der Waals surface area (Å²) in [6, 6.07) is 0.690. The fraction of sp³-hybridized carbons (Fsp3) is 0.737. The Morgan fingerprint density at radius 3 is 2.46 bits per heavy atom. The molecule has 7 heteroatoms. The monoisotopic (exact) mass is 358 g/mol. The Morgan fingerprint density at radius 1 is 1.00 bits per heavy atom. The fourth-order valence-corrected chi connectivity index (χ4v) is 4.64. The standard InChI is InChI=1S/C19H30N6O/c1-22-9-4-16(5-10-22)25-8-2-3-17(25)19(26)24-13-11-23(12-14-24)18-15-20-6-7-21-18/h6-7,15-17H,2-5,8-14H2,1H3/t17-/m0/s1. The molecule has 26 heavy (non-hydrogen) atoms. The van der Waals surface area contributed by atoms with Crippen LogP contribution >= 0.6 is 0 Å². The molecule has 0 saturated carbocycles. The predicted octanol–water partition coefficient (Wildman–Crippen LogP) is 0.684. The molecular weight excluding hydrogens is 328 g/mol. The third-order valence-electron chi connectivity index (χ3n) is 6.20. The zero-order valence-corrected chi connectivity index (χ0v) is 15.8. The van der Waals surface area contributed by atoms with Crippen molar-refractivity contribution in [2.45, 2.75) is 37.8 Å². The van der Waals surface area contributed by atoms with E-state index in [-0.39, 0.29) is 6.04 Å². The molecule has 3 fully saturated rings. The molecule has 3 aliphatic heterocycles. The molecule has 3 saturated heterocycles. The molecule has 142 valence electrons. The predicted molar refractivity (Wildman–Crippen MR) is 101 cm³/mol. The van der Waals surface area contributed by atoms with Gasteiger partial charge in [-0.05, 0) is 52.4 Å². The lowest BCUT2D eigenvalue weighted by atomic mass is 10.0. The highest BCUT2D eigenvalue weighted by molar-refractivity contribution is 5.82. The summed E-state index contributed by atoms with van der Waals surface area (Å²) in [5.41, 5.74) is 0. The molecule has 0 radical (unpaired) electrons. The van der Waals surface area contributed by atoms with Crippen LogP contribution in [0.15, 0.2) is 18.6 Å². The first kappa shape index (κ1) is 17.7. The summed E-state index contributed by atoms with van der Waals surface area (Å²) in [4.78, 5) is 30.9. The van der Waals surface area contributed by atoms with Crippen LogP contribution in [-0.4, -0.2) is 95.5 Å². The Kier molecular flexibility index (Phi) is 5.36. The number of aromatic nitrogens is 2. The van der Waals surface area contributed by atoms with Gasteiger partial charge in [-0.25, -0.2) is 4.98 Å². The highest BCUT2D eigenvalue weighted by atomic mass is 16.2. The number of likely N-dealkylation sites (tertiary alicyclic amines) is 2. The van der Waals surface area contributed by atoms with E-state index >= 15 is 0 Å². The average Bonchev–Trinajstić information content (AvgIpc) is 3.19. The number of piperazine rings is 1. The van der Waals surface area contributed by atoms with E-state index < -0.39 is 0 Å². The zero-order chi connectivity index (χ0) is 17.9. The lowest BCUT2D eigenvalue weighted by Crippen LogP contribution is -2.56. The quantitative estimate of drug-likeness (QED) is 0.792. The van der Waals surface area contributed by atoms with E-state index in [0.717, 1.165) is 64.5 Å². The van der Waals surface area contributed by atoms with Gasteiger partial charge in [-0.2, -0.15) is 0 Å². The first-order chi connectivity index (χ1) is 12.7. The highest BCUT2D eigenvalue weighted by Gasteiger charge is 2.38. The molecule has 4 rings (SSSR count). The smallest absolute Gasteiger partial charge is 0.240 e. The van der Waals surface area contributed by atoms with Gasteiger partial charge in [0.2, 0.25) is 5.91 Å². The second-order valence-corrected chi connectivity index (χ2v) is 7.81. The maximum atomic E-state index is 13.2. The van der Waals surface area contributed by atoms with Gasteiger partial charge in [-0.15, -0.1) is 0 Å². The molecule has 4 heterocycles. The molecule has 1 atom stereocenters. The number of hydrogen-bond donors (Lipinski definition) is 0. The van der Waals surface area contributed by atoms with Crippen LogP contribution in [0.5, 0.6) is 0 Å². The number of nitrogens with zero attached hydrogens (tertiary/aromatic N) is 6. The molecule has 1 amide bonds. The minimum Gasteiger partial charge on any atom is -0.352 e. The van der Waals surface area contributed by atoms with E-state index in [9.17, 15) is 4.79 Å². The van der Waals surface area contributed by atoms with E-state index in [1.54, 1.807) is 18.6 Å². The van der Waals surface area contributed by atoms with Gasteiger partial charge in [0.1, 0.15) is 5.82 Å². The maximum Gasteiger partial charge on any atom is 0.240 e. The molecule has 1 aromatic heterocycles. The molecular formula is C19H30N6O. The molecule has 0 bridgehead atoms. The SMILES string of the molecule is CN1CCC(N2CCC[C@H]2C(=O)N2CCN(c3cnccn3)CC2)CC1. The van der Waals surface area contributed by atoms with Crippen LogP contribution in [0.4, 0.5) is 5.82 Å². The zero-order valence-electron chi connectivity index (χ0n) is 15.8. The van der Waals surface area contributed by atoms with Crippen molar-refractivity contribution in [2.75, 3.05) is 57.8 Å². The number of rotatable bonds is 3. The first-order valence-corrected chi connectivity index (χ1v) is 9.96. The minimum atomic E-state index is 0.103. The van der Waals surface area contributed by atoms with Gasteiger partial charge >= 0.3 is 0 Å². The van der Waals surface area contributed by atoms with Crippen molar-refractivity contribution in [3.63, 3.8) is 0 Å². The van der Waals surface area contributed by atoms with Crippen LogP contribution in [0.2, 0.25) is 0 Å². The molecule has 0 spiro atoms. The molecule has 1 aromatic rings. The Morgan fingerprint density at radius 2 is 1.77 bits per heavy atom. The van der Waals surface area contributed by atoms with Crippen molar-refractivity contribution >= 4 is 11.7 Å². The van der Waals surface area contributed by atoms with Crippen LogP contribution in [0.1, 0.15) is 25.7 Å². The van der Waals surface area contributed by atoms with Crippen LogP contribution < -0.4 is 4.90 Å². The van der Waals surface area contributed by atoms with E-state index in [1.165, 1.54) is 12.8 Å². The summed E-state index contributed by atoms with van der Waals surface area (Å²) in [6.07, 6.45) is 9.79. The Hall–Kier alpha value is -1.73.